The molecular weight excluding hydrogens is 246 g/mol. The van der Waals surface area contributed by atoms with Crippen molar-refractivity contribution in [2.24, 2.45) is 4.99 Å². The van der Waals surface area contributed by atoms with Gasteiger partial charge in [-0.05, 0) is 35.7 Å². The summed E-state index contributed by atoms with van der Waals surface area (Å²) < 4.78 is 0. The van der Waals surface area contributed by atoms with Crippen molar-refractivity contribution in [1.29, 1.82) is 0 Å². The second kappa shape index (κ2) is 5.17. The molecule has 2 heteroatoms. The minimum Gasteiger partial charge on any atom is -0.505 e. The van der Waals surface area contributed by atoms with Crippen LogP contribution in [0.4, 0.5) is 5.69 Å². The molecule has 0 spiro atoms. The molecule has 0 saturated carbocycles. The summed E-state index contributed by atoms with van der Waals surface area (Å²) in [6.45, 7) is 3.46. The van der Waals surface area contributed by atoms with Crippen LogP contribution in [-0.4, -0.2) is 11.8 Å². The lowest BCUT2D eigenvalue weighted by atomic mass is 10.0. The average molecular weight is 261 g/mol. The first kappa shape index (κ1) is 12.4. The number of aliphatic imine (C=N–C) groups is 1. The molecule has 20 heavy (non-hydrogen) atoms. The van der Waals surface area contributed by atoms with Crippen molar-refractivity contribution in [1.82, 2.24) is 0 Å². The van der Waals surface area contributed by atoms with Crippen molar-refractivity contribution < 1.29 is 5.11 Å². The van der Waals surface area contributed by atoms with Crippen molar-refractivity contribution in [3.63, 3.8) is 0 Å². The van der Waals surface area contributed by atoms with Gasteiger partial charge < -0.3 is 5.11 Å². The van der Waals surface area contributed by atoms with Gasteiger partial charge in [-0.2, -0.15) is 0 Å². The summed E-state index contributed by atoms with van der Waals surface area (Å²) in [7, 11) is 0. The number of rotatable bonds is 3. The lowest BCUT2D eigenvalue weighted by molar-refractivity contribution is 0.483. The minimum atomic E-state index is 0.198. The van der Waals surface area contributed by atoms with Gasteiger partial charge in [0.05, 0.1) is 0 Å². The number of hydrogen-bond donors (Lipinski definition) is 1. The van der Waals surface area contributed by atoms with Crippen LogP contribution in [-0.2, 0) is 6.42 Å². The van der Waals surface area contributed by atoms with Gasteiger partial charge >= 0.3 is 0 Å². The lowest BCUT2D eigenvalue weighted by Crippen LogP contribution is -1.87. The van der Waals surface area contributed by atoms with E-state index in [2.05, 4.69) is 29.9 Å². The molecule has 1 N–H and O–H groups in total. The molecule has 0 bridgehead atoms. The number of aromatic hydroxyl groups is 1. The first-order valence-corrected chi connectivity index (χ1v) is 6.53. The second-order valence-electron chi connectivity index (χ2n) is 4.81. The first-order chi connectivity index (χ1) is 9.78. The smallest absolute Gasteiger partial charge is 0.148 e. The Balaban J connectivity index is 2.01. The molecule has 0 aliphatic rings. The predicted molar refractivity (Wildman–Crippen MR) is 84.1 cm³/mol. The Kier molecular flexibility index (Phi) is 3.21. The van der Waals surface area contributed by atoms with Gasteiger partial charge in [0.25, 0.3) is 0 Å². The molecule has 0 aliphatic carbocycles. The van der Waals surface area contributed by atoms with E-state index in [4.69, 9.17) is 0 Å². The monoisotopic (exact) mass is 261 g/mol. The Morgan fingerprint density at radius 2 is 1.70 bits per heavy atom. The summed E-state index contributed by atoms with van der Waals surface area (Å²) >= 11 is 0. The van der Waals surface area contributed by atoms with Crippen molar-refractivity contribution in [3.8, 4) is 5.75 Å². The number of phenolic OH excluding ortho intramolecular Hbond substituents is 1. The molecule has 3 aromatic rings. The maximum absolute atomic E-state index is 10.1. The van der Waals surface area contributed by atoms with E-state index in [0.717, 1.165) is 17.2 Å². The fourth-order valence-corrected chi connectivity index (χ4v) is 2.42. The number of nitrogens with zero attached hydrogens (tertiary/aromatic N) is 1. The molecule has 0 radical (unpaired) electrons. The van der Waals surface area contributed by atoms with E-state index in [1.165, 1.54) is 11.1 Å². The molecular formula is C18H15NO. The molecule has 0 atom stereocenters. The van der Waals surface area contributed by atoms with E-state index in [-0.39, 0.29) is 5.75 Å². The maximum atomic E-state index is 10.1. The SMILES string of the molecule is C=Nc1ccc2cc(Cc3ccccc3)ccc2c1O. The van der Waals surface area contributed by atoms with E-state index in [9.17, 15) is 5.11 Å². The van der Waals surface area contributed by atoms with Crippen LogP contribution in [0.25, 0.3) is 10.8 Å². The topological polar surface area (TPSA) is 32.6 Å². The molecule has 0 unspecified atom stereocenters. The zero-order valence-electron chi connectivity index (χ0n) is 11.1. The Labute approximate surface area is 118 Å². The van der Waals surface area contributed by atoms with Gasteiger partial charge in [0.15, 0.2) is 0 Å². The third kappa shape index (κ3) is 2.28. The standard InChI is InChI=1S/C18H15NO/c1-19-17-10-8-15-12-14(7-9-16(15)18(17)20)11-13-5-3-2-4-6-13/h2-10,12,20H,1,11H2. The van der Waals surface area contributed by atoms with Gasteiger partial charge in [0.2, 0.25) is 0 Å². The highest BCUT2D eigenvalue weighted by Gasteiger charge is 2.06. The predicted octanol–water partition coefficient (Wildman–Crippen LogP) is 4.47. The second-order valence-corrected chi connectivity index (χ2v) is 4.81. The molecule has 3 aromatic carbocycles. The fourth-order valence-electron chi connectivity index (χ4n) is 2.42. The summed E-state index contributed by atoms with van der Waals surface area (Å²) in [5.74, 6) is 0.198. The summed E-state index contributed by atoms with van der Waals surface area (Å²) in [5, 5.41) is 11.9. The van der Waals surface area contributed by atoms with Crippen molar-refractivity contribution >= 4 is 23.2 Å². The Hall–Kier alpha value is -2.61. The van der Waals surface area contributed by atoms with Crippen LogP contribution in [0, 0.1) is 0 Å². The van der Waals surface area contributed by atoms with Gasteiger partial charge in [-0.15, -0.1) is 0 Å². The maximum Gasteiger partial charge on any atom is 0.148 e. The zero-order valence-corrected chi connectivity index (χ0v) is 11.1. The molecule has 0 heterocycles. The molecule has 0 saturated heterocycles. The summed E-state index contributed by atoms with van der Waals surface area (Å²) in [6.07, 6.45) is 0.888. The highest BCUT2D eigenvalue weighted by Crippen LogP contribution is 2.34. The van der Waals surface area contributed by atoms with Gasteiger partial charge in [0, 0.05) is 5.39 Å². The van der Waals surface area contributed by atoms with Gasteiger partial charge in [-0.25, -0.2) is 0 Å². The summed E-state index contributed by atoms with van der Waals surface area (Å²) in [5.41, 5.74) is 3.02. The number of benzene rings is 3. The van der Waals surface area contributed by atoms with Crippen LogP contribution < -0.4 is 0 Å². The number of hydrogen-bond acceptors (Lipinski definition) is 2. The van der Waals surface area contributed by atoms with Crippen LogP contribution in [0.5, 0.6) is 5.75 Å². The van der Waals surface area contributed by atoms with Crippen LogP contribution >= 0.6 is 0 Å². The molecule has 0 aromatic heterocycles. The molecule has 0 amide bonds. The zero-order chi connectivity index (χ0) is 13.9. The number of fused-ring (bicyclic) bond motifs is 1. The van der Waals surface area contributed by atoms with Crippen LogP contribution in [0.2, 0.25) is 0 Å². The highest BCUT2D eigenvalue weighted by atomic mass is 16.3. The molecule has 0 fully saturated rings. The van der Waals surface area contributed by atoms with Crippen LogP contribution in [0.1, 0.15) is 11.1 Å². The Morgan fingerprint density at radius 3 is 2.45 bits per heavy atom. The fraction of sp³-hybridized carbons (Fsp3) is 0.0556. The molecule has 0 aliphatic heterocycles. The van der Waals surface area contributed by atoms with E-state index >= 15 is 0 Å². The van der Waals surface area contributed by atoms with Gasteiger partial charge in [-0.3, -0.25) is 4.99 Å². The van der Waals surface area contributed by atoms with Gasteiger partial charge in [-0.1, -0.05) is 54.6 Å². The Morgan fingerprint density at radius 1 is 0.900 bits per heavy atom. The number of phenols is 1. The summed E-state index contributed by atoms with van der Waals surface area (Å²) in [6, 6.07) is 20.2. The van der Waals surface area contributed by atoms with E-state index in [1.54, 1.807) is 6.07 Å². The van der Waals surface area contributed by atoms with Crippen LogP contribution in [0.15, 0.2) is 65.7 Å². The highest BCUT2D eigenvalue weighted by molar-refractivity contribution is 5.93. The van der Waals surface area contributed by atoms with Gasteiger partial charge in [0.1, 0.15) is 11.4 Å². The molecule has 2 nitrogen and oxygen atoms in total. The Bertz CT molecular complexity index is 763. The quantitative estimate of drug-likeness (QED) is 0.693. The van der Waals surface area contributed by atoms with Crippen LogP contribution in [0.3, 0.4) is 0 Å². The van der Waals surface area contributed by atoms with Crippen molar-refractivity contribution in [3.05, 3.63) is 71.8 Å². The lowest BCUT2D eigenvalue weighted by Gasteiger charge is -2.07. The average Bonchev–Trinajstić information content (AvgIpc) is 2.49. The largest absolute Gasteiger partial charge is 0.505 e. The third-order valence-electron chi connectivity index (χ3n) is 3.46. The normalized spacial score (nSPS) is 10.6. The minimum absolute atomic E-state index is 0.198. The molecule has 98 valence electrons. The first-order valence-electron chi connectivity index (χ1n) is 6.53. The van der Waals surface area contributed by atoms with E-state index in [1.807, 2.05) is 36.4 Å². The van der Waals surface area contributed by atoms with Crippen molar-refractivity contribution in [2.45, 2.75) is 6.42 Å². The van der Waals surface area contributed by atoms with Crippen molar-refractivity contribution in [2.75, 3.05) is 0 Å². The van der Waals surface area contributed by atoms with E-state index in [0.29, 0.717) is 5.69 Å². The summed E-state index contributed by atoms with van der Waals surface area (Å²) in [4.78, 5) is 3.81. The molecule has 3 rings (SSSR count). The third-order valence-corrected chi connectivity index (χ3v) is 3.46. The van der Waals surface area contributed by atoms with E-state index < -0.39 is 0 Å².